The summed E-state index contributed by atoms with van der Waals surface area (Å²) in [5, 5.41) is 6.24. The van der Waals surface area contributed by atoms with E-state index in [1.165, 1.54) is 0 Å². The van der Waals surface area contributed by atoms with Gasteiger partial charge in [-0.15, -0.1) is 0 Å². The van der Waals surface area contributed by atoms with Crippen molar-refractivity contribution in [3.05, 3.63) is 39.5 Å². The smallest absolute Gasteiger partial charge is 0.311 e. The molecular formula is C24H29F5N4O7. The largest absolute Gasteiger partial charge is 0.420 e. The minimum Gasteiger partial charge on any atom is -0.420 e. The van der Waals surface area contributed by atoms with Crippen LogP contribution in [0.5, 0.6) is 5.75 Å². The Balaban J connectivity index is 1.48. The zero-order valence-electron chi connectivity index (χ0n) is 22.1. The van der Waals surface area contributed by atoms with Crippen LogP contribution in [0, 0.1) is 29.1 Å². The van der Waals surface area contributed by atoms with Gasteiger partial charge in [-0.25, -0.2) is 13.2 Å². The van der Waals surface area contributed by atoms with Crippen LogP contribution < -0.4 is 10.1 Å². The van der Waals surface area contributed by atoms with Crippen LogP contribution in [0.1, 0.15) is 53.4 Å². The van der Waals surface area contributed by atoms with Gasteiger partial charge in [0.25, 0.3) is 5.91 Å². The molecule has 0 bridgehead atoms. The Hall–Kier alpha value is -3.04. The van der Waals surface area contributed by atoms with Gasteiger partial charge in [-0.1, -0.05) is 11.5 Å². The van der Waals surface area contributed by atoms with E-state index in [-0.39, 0.29) is 25.9 Å². The Labute approximate surface area is 225 Å². The molecule has 2 aliphatic heterocycles. The van der Waals surface area contributed by atoms with Crippen molar-refractivity contribution < 1.29 is 55.2 Å². The van der Waals surface area contributed by atoms with Gasteiger partial charge in [-0.3, -0.25) is 9.59 Å². The molecule has 0 spiro atoms. The molecule has 2 saturated heterocycles. The Bertz CT molecular complexity index is 1150. The number of nitrogens with zero attached hydrogens (tertiary/aromatic N) is 3. The van der Waals surface area contributed by atoms with Crippen molar-refractivity contribution >= 4 is 11.9 Å². The third kappa shape index (κ3) is 7.37. The third-order valence-electron chi connectivity index (χ3n) is 6.00. The zero-order valence-corrected chi connectivity index (χ0v) is 22.1. The number of unbranched alkanes of at least 4 members (excludes halogenated alkanes) is 2. The molecule has 0 saturated carbocycles. The normalized spacial score (nSPS) is 24.9. The van der Waals surface area contributed by atoms with Crippen LogP contribution >= 0.6 is 0 Å². The first kappa shape index (κ1) is 31.5. The van der Waals surface area contributed by atoms with E-state index in [2.05, 4.69) is 20.1 Å². The fourth-order valence-electron chi connectivity index (χ4n) is 4.35. The van der Waals surface area contributed by atoms with E-state index >= 15 is 0 Å². The summed E-state index contributed by atoms with van der Waals surface area (Å²) in [6, 6.07) is 0. The molecular weight excluding hydrogens is 551 g/mol. The molecule has 1 aromatic carbocycles. The van der Waals surface area contributed by atoms with Crippen LogP contribution in [0.4, 0.5) is 22.0 Å². The lowest BCUT2D eigenvalue weighted by molar-refractivity contribution is -0.175. The number of azide groups is 1. The number of halogens is 5. The molecule has 40 heavy (non-hydrogen) atoms. The van der Waals surface area contributed by atoms with Crippen LogP contribution in [0.2, 0.25) is 0 Å². The highest BCUT2D eigenvalue weighted by molar-refractivity contribution is 5.82. The average molecular weight is 581 g/mol. The summed E-state index contributed by atoms with van der Waals surface area (Å²) in [6.45, 7) is 6.71. The van der Waals surface area contributed by atoms with Gasteiger partial charge in [0.15, 0.2) is 17.7 Å². The standard InChI is InChI=1S/C24H29F5N4O7/c1-23(2)37-11(10-32-33-30)18(38-23)20-21(40-24(3,4)39-20)22(35)31-9-7-5-6-8-12(34)36-19-16(28)14(26)13(25)15(27)17(19)29/h11,18,20-21H,5-10H2,1-4H3,(H,31,35)/t11-,18-,20+,21+/m1/s1. The molecule has 0 radical (unpaired) electrons. The van der Waals surface area contributed by atoms with Gasteiger partial charge in [0, 0.05) is 17.9 Å². The highest BCUT2D eigenvalue weighted by atomic mass is 19.2. The highest BCUT2D eigenvalue weighted by Crippen LogP contribution is 2.38. The number of carbonyl (C=O) groups excluding carboxylic acids is 2. The summed E-state index contributed by atoms with van der Waals surface area (Å²) >= 11 is 0. The van der Waals surface area contributed by atoms with Crippen molar-refractivity contribution in [1.29, 1.82) is 0 Å². The highest BCUT2D eigenvalue weighted by Gasteiger charge is 2.55. The van der Waals surface area contributed by atoms with Gasteiger partial charge in [-0.05, 0) is 46.1 Å². The lowest BCUT2D eigenvalue weighted by atomic mass is 10.0. The van der Waals surface area contributed by atoms with E-state index in [1.807, 2.05) is 0 Å². The van der Waals surface area contributed by atoms with E-state index in [0.717, 1.165) is 0 Å². The number of hydrogen-bond acceptors (Lipinski definition) is 8. The zero-order chi connectivity index (χ0) is 29.8. The molecule has 1 N–H and O–H groups in total. The van der Waals surface area contributed by atoms with Crippen molar-refractivity contribution in [2.75, 3.05) is 13.1 Å². The van der Waals surface area contributed by atoms with Crippen molar-refractivity contribution in [3.63, 3.8) is 0 Å². The van der Waals surface area contributed by atoms with Gasteiger partial charge in [0.1, 0.15) is 12.2 Å². The molecule has 4 atom stereocenters. The summed E-state index contributed by atoms with van der Waals surface area (Å²) in [5.41, 5.74) is 8.68. The maximum atomic E-state index is 13.7. The Morgan fingerprint density at radius 1 is 0.875 bits per heavy atom. The second-order valence-electron chi connectivity index (χ2n) is 10.0. The monoisotopic (exact) mass is 580 g/mol. The molecule has 2 heterocycles. The maximum Gasteiger partial charge on any atom is 0.311 e. The van der Waals surface area contributed by atoms with Crippen molar-refractivity contribution in [1.82, 2.24) is 5.32 Å². The number of benzene rings is 1. The first-order valence-corrected chi connectivity index (χ1v) is 12.4. The SMILES string of the molecule is CC1(C)O[C@@H]([C@@H]2OC(C)(C)O[C@@H]2CN=[N+]=[N-])[C@@H](C(=O)NCCCCCC(=O)Oc2c(F)c(F)c(F)c(F)c2F)O1. The summed E-state index contributed by atoms with van der Waals surface area (Å²) in [6.07, 6.45) is -2.93. The van der Waals surface area contributed by atoms with Crippen LogP contribution in [0.3, 0.4) is 0 Å². The first-order chi connectivity index (χ1) is 18.7. The average Bonchev–Trinajstić information content (AvgIpc) is 3.38. The van der Waals surface area contributed by atoms with Gasteiger partial charge in [-0.2, -0.15) is 8.78 Å². The second kappa shape index (κ2) is 12.6. The predicted molar refractivity (Wildman–Crippen MR) is 125 cm³/mol. The molecule has 0 unspecified atom stereocenters. The number of hydrogen-bond donors (Lipinski definition) is 1. The second-order valence-corrected chi connectivity index (χ2v) is 10.0. The summed E-state index contributed by atoms with van der Waals surface area (Å²) in [7, 11) is 0. The Kier molecular flexibility index (Phi) is 9.95. The third-order valence-corrected chi connectivity index (χ3v) is 6.00. The van der Waals surface area contributed by atoms with Gasteiger partial charge in [0.2, 0.25) is 34.8 Å². The Morgan fingerprint density at radius 2 is 1.45 bits per heavy atom. The summed E-state index contributed by atoms with van der Waals surface area (Å²) in [4.78, 5) is 27.5. The molecule has 2 aliphatic rings. The number of carbonyl (C=O) groups is 2. The summed E-state index contributed by atoms with van der Waals surface area (Å²) in [5.74, 6) is -16.8. The van der Waals surface area contributed by atoms with Gasteiger partial charge in [0.05, 0.1) is 12.6 Å². The van der Waals surface area contributed by atoms with Crippen LogP contribution in [0.15, 0.2) is 5.11 Å². The van der Waals surface area contributed by atoms with E-state index in [0.29, 0.717) is 12.8 Å². The molecule has 16 heteroatoms. The molecule has 222 valence electrons. The van der Waals surface area contributed by atoms with Crippen LogP contribution in [-0.2, 0) is 28.5 Å². The first-order valence-electron chi connectivity index (χ1n) is 12.4. The molecule has 0 aromatic heterocycles. The molecule has 0 aliphatic carbocycles. The lowest BCUT2D eigenvalue weighted by Crippen LogP contribution is -2.49. The molecule has 11 nitrogen and oxygen atoms in total. The predicted octanol–water partition coefficient (Wildman–Crippen LogP) is 4.31. The topological polar surface area (TPSA) is 141 Å². The van der Waals surface area contributed by atoms with Crippen LogP contribution in [0.25, 0.3) is 10.4 Å². The van der Waals surface area contributed by atoms with E-state index in [4.69, 9.17) is 24.5 Å². The fraction of sp³-hybridized carbons (Fsp3) is 0.667. The minimum atomic E-state index is -2.36. The number of amides is 1. The molecule has 1 aromatic rings. The van der Waals surface area contributed by atoms with Crippen molar-refractivity contribution in [2.45, 2.75) is 89.4 Å². The quantitative estimate of drug-likeness (QED) is 0.0473. The van der Waals surface area contributed by atoms with Crippen molar-refractivity contribution in [3.8, 4) is 5.75 Å². The number of rotatable bonds is 11. The molecule has 1 amide bonds. The van der Waals surface area contributed by atoms with Gasteiger partial charge >= 0.3 is 5.97 Å². The Morgan fingerprint density at radius 3 is 2.08 bits per heavy atom. The number of ether oxygens (including phenoxy) is 5. The van der Waals surface area contributed by atoms with E-state index < -0.39 is 82.7 Å². The lowest BCUT2D eigenvalue weighted by Gasteiger charge is -2.25. The summed E-state index contributed by atoms with van der Waals surface area (Å²) < 4.78 is 94.7. The van der Waals surface area contributed by atoms with Crippen LogP contribution in [-0.4, -0.2) is 61.0 Å². The number of nitrogens with one attached hydrogen (secondary N) is 1. The fourth-order valence-corrected chi connectivity index (χ4v) is 4.35. The minimum absolute atomic E-state index is 0.0496. The molecule has 2 fully saturated rings. The van der Waals surface area contributed by atoms with E-state index in [1.54, 1.807) is 27.7 Å². The number of esters is 1. The van der Waals surface area contributed by atoms with E-state index in [9.17, 15) is 31.5 Å². The molecule has 3 rings (SSSR count). The van der Waals surface area contributed by atoms with Crippen molar-refractivity contribution in [2.24, 2.45) is 5.11 Å². The maximum absolute atomic E-state index is 13.7. The van der Waals surface area contributed by atoms with Gasteiger partial charge < -0.3 is 29.0 Å².